The van der Waals surface area contributed by atoms with Crippen LogP contribution in [0.4, 0.5) is 0 Å². The van der Waals surface area contributed by atoms with Crippen LogP contribution in [0.2, 0.25) is 0 Å². The first-order valence-corrected chi connectivity index (χ1v) is 5.13. The van der Waals surface area contributed by atoms with Crippen LogP contribution < -0.4 is 11.2 Å². The maximum Gasteiger partial charge on any atom is 0.0547 e. The molecule has 0 aromatic carbocycles. The molecule has 1 rings (SSSR count). The van der Waals surface area contributed by atoms with Gasteiger partial charge in [-0.15, -0.1) is 0 Å². The van der Waals surface area contributed by atoms with Crippen LogP contribution in [-0.2, 0) is 0 Å². The van der Waals surface area contributed by atoms with E-state index in [1.54, 1.807) is 12.4 Å². The number of hydrogen-bond donors (Lipinski definition) is 2. The highest BCUT2D eigenvalue weighted by atomic mass is 15.3. The Balaban J connectivity index is 2.86. The minimum atomic E-state index is 0.885. The van der Waals surface area contributed by atoms with Crippen LogP contribution >= 0.6 is 0 Å². The van der Waals surface area contributed by atoms with E-state index in [0.717, 1.165) is 17.6 Å². The molecule has 0 aromatic rings. The molecule has 1 aliphatic carbocycles. The molecule has 0 saturated carbocycles. The lowest BCUT2D eigenvalue weighted by Crippen LogP contribution is -1.98. The second-order valence-electron chi connectivity index (χ2n) is 3.45. The van der Waals surface area contributed by atoms with Crippen molar-refractivity contribution in [3.63, 3.8) is 0 Å². The Morgan fingerprint density at radius 3 is 3.06 bits per heavy atom. The van der Waals surface area contributed by atoms with E-state index in [0.29, 0.717) is 0 Å². The molecule has 0 bridgehead atoms. The minimum absolute atomic E-state index is 0.885. The third-order valence-electron chi connectivity index (χ3n) is 2.16. The standard InChI is InChI=1S/C13H17N3/c1-11(2)13-7-5-3-4-6-12(13)10-16-15-9-8-14/h3-6,8-10,15H,1,7,14H2,2H3/b9-8-,16-10-. The number of allylic oxidation sites excluding steroid dienone is 7. The molecule has 3 heteroatoms. The molecular weight excluding hydrogens is 198 g/mol. The van der Waals surface area contributed by atoms with Gasteiger partial charge in [0.2, 0.25) is 0 Å². The highest BCUT2D eigenvalue weighted by molar-refractivity contribution is 5.85. The van der Waals surface area contributed by atoms with Crippen LogP contribution in [0.1, 0.15) is 13.3 Å². The van der Waals surface area contributed by atoms with E-state index >= 15 is 0 Å². The second-order valence-corrected chi connectivity index (χ2v) is 3.45. The van der Waals surface area contributed by atoms with Gasteiger partial charge >= 0.3 is 0 Å². The van der Waals surface area contributed by atoms with Gasteiger partial charge in [-0.3, -0.25) is 5.43 Å². The van der Waals surface area contributed by atoms with Gasteiger partial charge in [-0.25, -0.2) is 0 Å². The Kier molecular flexibility index (Phi) is 4.86. The summed E-state index contributed by atoms with van der Waals surface area (Å²) in [6, 6.07) is 0. The number of rotatable bonds is 4. The summed E-state index contributed by atoms with van der Waals surface area (Å²) >= 11 is 0. The molecule has 0 amide bonds. The van der Waals surface area contributed by atoms with Gasteiger partial charge in [-0.1, -0.05) is 36.5 Å². The van der Waals surface area contributed by atoms with Gasteiger partial charge < -0.3 is 5.73 Å². The van der Waals surface area contributed by atoms with Gasteiger partial charge in [0.1, 0.15) is 0 Å². The van der Waals surface area contributed by atoms with Gasteiger partial charge in [0.05, 0.1) is 6.21 Å². The molecule has 0 saturated heterocycles. The largest absolute Gasteiger partial charge is 0.403 e. The summed E-state index contributed by atoms with van der Waals surface area (Å²) < 4.78 is 0. The summed E-state index contributed by atoms with van der Waals surface area (Å²) in [6.45, 7) is 5.98. The van der Waals surface area contributed by atoms with Crippen molar-refractivity contribution in [2.24, 2.45) is 10.8 Å². The number of nitrogens with zero attached hydrogens (tertiary/aromatic N) is 1. The van der Waals surface area contributed by atoms with Crippen molar-refractivity contribution in [3.8, 4) is 0 Å². The predicted molar refractivity (Wildman–Crippen MR) is 69.7 cm³/mol. The molecule has 84 valence electrons. The molecule has 0 spiro atoms. The number of hydrazone groups is 1. The van der Waals surface area contributed by atoms with Crippen molar-refractivity contribution < 1.29 is 0 Å². The Morgan fingerprint density at radius 1 is 1.56 bits per heavy atom. The summed E-state index contributed by atoms with van der Waals surface area (Å²) in [7, 11) is 0. The Bertz CT molecular complexity index is 395. The first kappa shape index (κ1) is 12.0. The molecule has 0 unspecified atom stereocenters. The van der Waals surface area contributed by atoms with Gasteiger partial charge in [-0.05, 0) is 24.5 Å². The van der Waals surface area contributed by atoms with Crippen LogP contribution in [0, 0.1) is 0 Å². The lowest BCUT2D eigenvalue weighted by Gasteiger charge is -2.06. The van der Waals surface area contributed by atoms with Crippen molar-refractivity contribution in [1.82, 2.24) is 5.43 Å². The van der Waals surface area contributed by atoms with Gasteiger partial charge in [-0.2, -0.15) is 5.10 Å². The zero-order valence-electron chi connectivity index (χ0n) is 9.48. The highest BCUT2D eigenvalue weighted by Crippen LogP contribution is 2.19. The van der Waals surface area contributed by atoms with Crippen LogP contribution in [0.15, 0.2) is 65.1 Å². The van der Waals surface area contributed by atoms with Gasteiger partial charge in [0.15, 0.2) is 0 Å². The van der Waals surface area contributed by atoms with Gasteiger partial charge in [0.25, 0.3) is 0 Å². The lowest BCUT2D eigenvalue weighted by molar-refractivity contribution is 0.970. The number of nitrogens with two attached hydrogens (primary N) is 1. The summed E-state index contributed by atoms with van der Waals surface area (Å²) in [6.07, 6.45) is 13.8. The molecular formula is C13H17N3. The van der Waals surface area contributed by atoms with E-state index in [2.05, 4.69) is 23.2 Å². The maximum absolute atomic E-state index is 5.18. The number of hydrogen-bond acceptors (Lipinski definition) is 3. The van der Waals surface area contributed by atoms with Crippen LogP contribution in [0.5, 0.6) is 0 Å². The molecule has 0 fully saturated rings. The first-order valence-electron chi connectivity index (χ1n) is 5.13. The fourth-order valence-electron chi connectivity index (χ4n) is 1.38. The smallest absolute Gasteiger partial charge is 0.0547 e. The third kappa shape index (κ3) is 3.61. The average molecular weight is 215 g/mol. The van der Waals surface area contributed by atoms with Crippen LogP contribution in [0.3, 0.4) is 0 Å². The predicted octanol–water partition coefficient (Wildman–Crippen LogP) is 2.38. The van der Waals surface area contributed by atoms with Crippen molar-refractivity contribution in [1.29, 1.82) is 0 Å². The monoisotopic (exact) mass is 215 g/mol. The molecule has 0 aromatic heterocycles. The third-order valence-corrected chi connectivity index (χ3v) is 2.16. The normalized spacial score (nSPS) is 16.1. The summed E-state index contributed by atoms with van der Waals surface area (Å²) in [5.74, 6) is 0. The molecule has 3 N–H and O–H groups in total. The molecule has 0 radical (unpaired) electrons. The van der Waals surface area contributed by atoms with E-state index in [4.69, 9.17) is 5.73 Å². The minimum Gasteiger partial charge on any atom is -0.403 e. The Hall–Kier alpha value is -2.03. The fourth-order valence-corrected chi connectivity index (χ4v) is 1.38. The number of nitrogens with one attached hydrogen (secondary N) is 1. The van der Waals surface area contributed by atoms with Crippen molar-refractivity contribution in [2.45, 2.75) is 13.3 Å². The maximum atomic E-state index is 5.18. The molecule has 1 aliphatic rings. The highest BCUT2D eigenvalue weighted by Gasteiger charge is 2.03. The van der Waals surface area contributed by atoms with Crippen molar-refractivity contribution in [2.75, 3.05) is 0 Å². The van der Waals surface area contributed by atoms with E-state index < -0.39 is 0 Å². The molecule has 0 heterocycles. The Morgan fingerprint density at radius 2 is 2.38 bits per heavy atom. The van der Waals surface area contributed by atoms with Crippen molar-refractivity contribution in [3.05, 3.63) is 60.0 Å². The van der Waals surface area contributed by atoms with Gasteiger partial charge in [0, 0.05) is 12.4 Å². The molecule has 3 nitrogen and oxygen atoms in total. The lowest BCUT2D eigenvalue weighted by atomic mass is 10.0. The molecule has 0 aliphatic heterocycles. The topological polar surface area (TPSA) is 50.4 Å². The van der Waals surface area contributed by atoms with E-state index in [9.17, 15) is 0 Å². The average Bonchev–Trinajstić information content (AvgIpc) is 2.49. The zero-order valence-corrected chi connectivity index (χ0v) is 9.48. The SMILES string of the molecule is C=C(C)C1=C(/C=N\N/C=C\N)C=CC=CC1. The first-order chi connectivity index (χ1) is 7.75. The Labute approximate surface area is 96.4 Å². The van der Waals surface area contributed by atoms with E-state index in [1.807, 2.05) is 25.2 Å². The zero-order chi connectivity index (χ0) is 11.8. The summed E-state index contributed by atoms with van der Waals surface area (Å²) in [4.78, 5) is 0. The molecule has 16 heavy (non-hydrogen) atoms. The van der Waals surface area contributed by atoms with E-state index in [-0.39, 0.29) is 0 Å². The summed E-state index contributed by atoms with van der Waals surface area (Å²) in [5.41, 5.74) is 11.2. The van der Waals surface area contributed by atoms with E-state index in [1.165, 1.54) is 11.8 Å². The van der Waals surface area contributed by atoms with Crippen LogP contribution in [0.25, 0.3) is 0 Å². The quantitative estimate of drug-likeness (QED) is 0.559. The second kappa shape index (κ2) is 6.45. The van der Waals surface area contributed by atoms with Crippen LogP contribution in [-0.4, -0.2) is 6.21 Å². The molecule has 0 atom stereocenters. The van der Waals surface area contributed by atoms with Crippen molar-refractivity contribution >= 4 is 6.21 Å². The summed E-state index contributed by atoms with van der Waals surface area (Å²) in [5, 5.41) is 4.04. The fraction of sp³-hybridized carbons (Fsp3) is 0.154.